The summed E-state index contributed by atoms with van der Waals surface area (Å²) in [6.45, 7) is 16.0. The van der Waals surface area contributed by atoms with Crippen LogP contribution in [0.3, 0.4) is 0 Å². The number of rotatable bonds is 5. The van der Waals surface area contributed by atoms with Gasteiger partial charge in [-0.25, -0.2) is 0 Å². The van der Waals surface area contributed by atoms with E-state index in [9.17, 15) is 9.90 Å². The predicted octanol–water partition coefficient (Wildman–Crippen LogP) is 6.40. The third kappa shape index (κ3) is 7.59. The van der Waals surface area contributed by atoms with Crippen LogP contribution < -0.4 is 0 Å². The minimum atomic E-state index is -0.500. The van der Waals surface area contributed by atoms with E-state index in [1.54, 1.807) is 20.8 Å². The summed E-state index contributed by atoms with van der Waals surface area (Å²) in [4.78, 5) is 12.1. The van der Waals surface area contributed by atoms with Crippen LogP contribution in [0.15, 0.2) is 30.3 Å². The normalized spacial score (nSPS) is 10.8. The second kappa shape index (κ2) is 12.9. The summed E-state index contributed by atoms with van der Waals surface area (Å²) in [5, 5.41) is 19.8. The van der Waals surface area contributed by atoms with E-state index in [1.807, 2.05) is 52.0 Å². The van der Waals surface area contributed by atoms with Crippen LogP contribution in [0.25, 0.3) is 22.0 Å². The Bertz CT molecular complexity index is 1090. The Balaban J connectivity index is 0.000000733. The number of aliphatic hydroxyl groups is 2. The molecule has 6 heteroatoms. The second-order valence-electron chi connectivity index (χ2n) is 8.96. The molecule has 0 aliphatic heterocycles. The van der Waals surface area contributed by atoms with Gasteiger partial charge in [-0.3, -0.25) is 4.79 Å². The minimum Gasteiger partial charge on any atom is -0.469 e. The molecule has 1 aromatic heterocycles. The highest BCUT2D eigenvalue weighted by Gasteiger charge is 2.22. The summed E-state index contributed by atoms with van der Waals surface area (Å²) in [6.07, 6.45) is 0.210. The van der Waals surface area contributed by atoms with E-state index in [0.29, 0.717) is 11.6 Å². The number of nitrogens with zero attached hydrogens (tertiary/aromatic N) is 1. The Kier molecular flexibility index (Phi) is 11.3. The lowest BCUT2D eigenvalue weighted by molar-refractivity contribution is -0.139. The number of esters is 1. The molecule has 0 spiro atoms. The van der Waals surface area contributed by atoms with Crippen LogP contribution in [0, 0.1) is 20.8 Å². The molecule has 0 amide bonds. The van der Waals surface area contributed by atoms with Gasteiger partial charge in [0.1, 0.15) is 0 Å². The van der Waals surface area contributed by atoms with Crippen LogP contribution in [-0.2, 0) is 22.5 Å². The molecule has 0 saturated heterocycles. The van der Waals surface area contributed by atoms with Crippen LogP contribution >= 0.6 is 11.6 Å². The quantitative estimate of drug-likeness (QED) is 0.407. The fourth-order valence-corrected chi connectivity index (χ4v) is 3.92. The summed E-state index contributed by atoms with van der Waals surface area (Å²) in [5.74, 6) is -0.265. The van der Waals surface area contributed by atoms with Crippen molar-refractivity contribution in [2.45, 2.75) is 74.0 Å². The van der Waals surface area contributed by atoms with Gasteiger partial charge in [0.15, 0.2) is 0 Å². The van der Waals surface area contributed by atoms with Crippen molar-refractivity contribution in [1.29, 1.82) is 0 Å². The molecular weight excluding hydrogens is 450 g/mol. The van der Waals surface area contributed by atoms with Gasteiger partial charge in [-0.1, -0.05) is 37.6 Å². The Morgan fingerprint density at radius 2 is 1.59 bits per heavy atom. The molecule has 5 nitrogen and oxygen atoms in total. The fraction of sp³-hybridized carbons (Fsp3) is 0.464. The molecule has 2 aromatic carbocycles. The zero-order valence-electron chi connectivity index (χ0n) is 22.0. The van der Waals surface area contributed by atoms with Gasteiger partial charge in [-0.2, -0.15) is 0 Å². The third-order valence-electron chi connectivity index (χ3n) is 5.25. The molecule has 0 aliphatic rings. The third-order valence-corrected chi connectivity index (χ3v) is 5.50. The van der Waals surface area contributed by atoms with E-state index >= 15 is 0 Å². The molecule has 0 unspecified atom stereocenters. The van der Waals surface area contributed by atoms with Crippen LogP contribution in [0.2, 0.25) is 5.02 Å². The van der Waals surface area contributed by atoms with E-state index in [-0.39, 0.29) is 19.0 Å². The molecule has 188 valence electrons. The van der Waals surface area contributed by atoms with E-state index in [1.165, 1.54) is 7.11 Å². The number of benzene rings is 2. The Morgan fingerprint density at radius 1 is 1.06 bits per heavy atom. The molecule has 0 aliphatic carbocycles. The van der Waals surface area contributed by atoms with E-state index in [0.717, 1.165) is 44.4 Å². The first-order valence-corrected chi connectivity index (χ1v) is 12.0. The van der Waals surface area contributed by atoms with Crippen molar-refractivity contribution in [3.05, 3.63) is 57.7 Å². The zero-order valence-corrected chi connectivity index (χ0v) is 22.8. The first-order chi connectivity index (χ1) is 15.9. The minimum absolute atomic E-state index is 0.0727. The fourth-order valence-electron chi connectivity index (χ4n) is 3.80. The van der Waals surface area contributed by atoms with Crippen LogP contribution in [0.5, 0.6) is 0 Å². The van der Waals surface area contributed by atoms with Gasteiger partial charge in [0.2, 0.25) is 0 Å². The van der Waals surface area contributed by atoms with Gasteiger partial charge < -0.3 is 19.5 Å². The number of aryl methyl sites for hydroxylation is 2. The molecule has 0 saturated carbocycles. The van der Waals surface area contributed by atoms with Crippen molar-refractivity contribution in [3.8, 4) is 11.1 Å². The number of ether oxygens (including phenoxy) is 1. The number of aromatic nitrogens is 1. The maximum atomic E-state index is 12.1. The first kappa shape index (κ1) is 29.7. The largest absolute Gasteiger partial charge is 0.469 e. The highest BCUT2D eigenvalue weighted by atomic mass is 35.5. The average molecular weight is 490 g/mol. The van der Waals surface area contributed by atoms with Crippen LogP contribution in [0.4, 0.5) is 0 Å². The van der Waals surface area contributed by atoms with Crippen molar-refractivity contribution >= 4 is 28.5 Å². The summed E-state index contributed by atoms with van der Waals surface area (Å²) in [5.41, 5.74) is 6.85. The number of halogens is 1. The maximum Gasteiger partial charge on any atom is 0.310 e. The lowest BCUT2D eigenvalue weighted by Gasteiger charge is -2.19. The second-order valence-corrected chi connectivity index (χ2v) is 9.39. The molecule has 1 heterocycles. The lowest BCUT2D eigenvalue weighted by atomic mass is 9.88. The van der Waals surface area contributed by atoms with Gasteiger partial charge in [0.05, 0.1) is 31.3 Å². The van der Waals surface area contributed by atoms with Gasteiger partial charge in [-0.05, 0) is 87.6 Å². The molecule has 34 heavy (non-hydrogen) atoms. The highest BCUT2D eigenvalue weighted by Crippen LogP contribution is 2.39. The summed E-state index contributed by atoms with van der Waals surface area (Å²) in [7, 11) is 1.41. The number of carbonyl (C=O) groups excluding carboxylic acids is 1. The van der Waals surface area contributed by atoms with Crippen LogP contribution in [0.1, 0.15) is 57.0 Å². The van der Waals surface area contributed by atoms with Gasteiger partial charge in [0.25, 0.3) is 0 Å². The predicted molar refractivity (Wildman–Crippen MR) is 143 cm³/mol. The Morgan fingerprint density at radius 3 is 2.06 bits per heavy atom. The van der Waals surface area contributed by atoms with E-state index in [4.69, 9.17) is 21.4 Å². The van der Waals surface area contributed by atoms with Crippen molar-refractivity contribution in [2.75, 3.05) is 13.7 Å². The smallest absolute Gasteiger partial charge is 0.310 e. The molecule has 0 bridgehead atoms. The topological polar surface area (TPSA) is 71.7 Å². The molecule has 3 rings (SSSR count). The average Bonchev–Trinajstić information content (AvgIpc) is 3.09. The van der Waals surface area contributed by atoms with Gasteiger partial charge >= 0.3 is 5.97 Å². The van der Waals surface area contributed by atoms with Crippen molar-refractivity contribution in [2.24, 2.45) is 0 Å². The van der Waals surface area contributed by atoms with Crippen molar-refractivity contribution < 1.29 is 19.7 Å². The maximum absolute atomic E-state index is 12.1. The molecule has 2 N–H and O–H groups in total. The summed E-state index contributed by atoms with van der Waals surface area (Å²) < 4.78 is 7.08. The number of methoxy groups -OCH3 is 1. The van der Waals surface area contributed by atoms with Crippen molar-refractivity contribution in [3.63, 3.8) is 0 Å². The summed E-state index contributed by atoms with van der Waals surface area (Å²) in [6, 6.07) is 9.80. The molecule has 3 aromatic rings. The Labute approximate surface area is 209 Å². The number of carbonyl (C=O) groups is 1. The lowest BCUT2D eigenvalue weighted by Crippen LogP contribution is -2.10. The highest BCUT2D eigenvalue weighted by molar-refractivity contribution is 6.30. The monoisotopic (exact) mass is 489 g/mol. The van der Waals surface area contributed by atoms with Gasteiger partial charge in [-0.15, -0.1) is 0 Å². The molecular formula is C28H40ClNO4. The van der Waals surface area contributed by atoms with Crippen LogP contribution in [-0.4, -0.2) is 40.1 Å². The number of hydrogen-bond donors (Lipinski definition) is 2. The SMILES string of the molecule is CC.CC(C)(C)O.COC(=O)Cc1c(C)c(C)c2c(cc(C)n2CCO)c1-c1ccc(Cl)cc1. The number of aliphatic hydroxyl groups excluding tert-OH is 1. The van der Waals surface area contributed by atoms with E-state index in [2.05, 4.69) is 17.6 Å². The summed E-state index contributed by atoms with van der Waals surface area (Å²) >= 11 is 6.08. The van der Waals surface area contributed by atoms with Gasteiger partial charge in [0, 0.05) is 22.6 Å². The molecule has 0 radical (unpaired) electrons. The number of hydrogen-bond acceptors (Lipinski definition) is 4. The first-order valence-electron chi connectivity index (χ1n) is 11.7. The Hall–Kier alpha value is -2.34. The van der Waals surface area contributed by atoms with Crippen molar-refractivity contribution in [1.82, 2.24) is 4.57 Å². The van der Waals surface area contributed by atoms with E-state index < -0.39 is 5.60 Å². The number of fused-ring (bicyclic) bond motifs is 1. The standard InChI is InChI=1S/C22H24ClNO3.C4H10O.C2H6/c1-13-11-19-21(16-5-7-17(23)8-6-16)18(12-20(26)27-4)14(2)15(3)22(19)24(13)9-10-25;1-4(2,3)5;1-2/h5-8,11,25H,9-10,12H2,1-4H3;5H,1-3H3;1-2H3. The molecule has 0 fully saturated rings. The molecule has 0 atom stereocenters. The zero-order chi connectivity index (χ0) is 26.2.